The van der Waals surface area contributed by atoms with E-state index in [-0.39, 0.29) is 18.5 Å². The summed E-state index contributed by atoms with van der Waals surface area (Å²) < 4.78 is 0. The van der Waals surface area contributed by atoms with Crippen LogP contribution in [0.15, 0.2) is 30.3 Å². The Morgan fingerprint density at radius 3 is 2.59 bits per heavy atom. The maximum absolute atomic E-state index is 12.5. The molecule has 0 radical (unpaired) electrons. The minimum atomic E-state index is -1.00. The predicted octanol–water partition coefficient (Wildman–Crippen LogP) is 2.07. The molecule has 3 rings (SSSR count). The molecule has 0 spiro atoms. The smallest absolute Gasteiger partial charge is 0.323 e. The number of benzene rings is 1. The largest absolute Gasteiger partial charge is 0.480 e. The molecule has 1 aromatic heterocycles. The number of rotatable bonds is 5. The molecule has 2 aromatic rings. The summed E-state index contributed by atoms with van der Waals surface area (Å²) in [5.41, 5.74) is 3.06. The van der Waals surface area contributed by atoms with Crippen LogP contribution in [0, 0.1) is 6.92 Å². The molecule has 2 N–H and O–H groups in total. The van der Waals surface area contributed by atoms with Crippen LogP contribution in [0.1, 0.15) is 28.9 Å². The van der Waals surface area contributed by atoms with E-state index in [2.05, 4.69) is 10.2 Å². The van der Waals surface area contributed by atoms with E-state index >= 15 is 0 Å². The van der Waals surface area contributed by atoms with E-state index in [0.29, 0.717) is 11.4 Å². The van der Waals surface area contributed by atoms with Gasteiger partial charge in [0.25, 0.3) is 5.91 Å². The third-order valence-electron chi connectivity index (χ3n) is 3.71. The molecule has 6 nitrogen and oxygen atoms in total. The molecular formula is C16H17N3O3. The van der Waals surface area contributed by atoms with Gasteiger partial charge in [0, 0.05) is 11.6 Å². The first-order valence-electron chi connectivity index (χ1n) is 7.20. The van der Waals surface area contributed by atoms with Crippen LogP contribution in [-0.4, -0.2) is 44.7 Å². The number of H-pyrrole nitrogens is 1. The monoisotopic (exact) mass is 299 g/mol. The van der Waals surface area contributed by atoms with Crippen molar-refractivity contribution in [3.8, 4) is 11.3 Å². The molecule has 0 unspecified atom stereocenters. The van der Waals surface area contributed by atoms with Crippen LogP contribution in [0.5, 0.6) is 0 Å². The van der Waals surface area contributed by atoms with E-state index < -0.39 is 5.97 Å². The molecule has 114 valence electrons. The molecule has 0 aliphatic heterocycles. The van der Waals surface area contributed by atoms with E-state index in [9.17, 15) is 9.59 Å². The molecule has 1 aliphatic rings. The highest BCUT2D eigenvalue weighted by molar-refractivity contribution is 5.95. The number of hydrogen-bond donors (Lipinski definition) is 2. The van der Waals surface area contributed by atoms with Crippen LogP contribution in [0.2, 0.25) is 0 Å². The Labute approximate surface area is 127 Å². The summed E-state index contributed by atoms with van der Waals surface area (Å²) >= 11 is 0. The Kier molecular flexibility index (Phi) is 3.66. The average molecular weight is 299 g/mol. The Hall–Kier alpha value is -2.63. The second kappa shape index (κ2) is 5.63. The quantitative estimate of drug-likeness (QED) is 0.885. The molecule has 1 aromatic carbocycles. The van der Waals surface area contributed by atoms with E-state index in [1.807, 2.05) is 31.2 Å². The number of aromatic nitrogens is 2. The van der Waals surface area contributed by atoms with Gasteiger partial charge in [0.2, 0.25) is 0 Å². The number of carboxylic acids is 1. The fraction of sp³-hybridized carbons (Fsp3) is 0.312. The normalized spacial score (nSPS) is 13.9. The highest BCUT2D eigenvalue weighted by Crippen LogP contribution is 2.28. The number of carboxylic acid groups (broad SMARTS) is 1. The highest BCUT2D eigenvalue weighted by atomic mass is 16.4. The van der Waals surface area contributed by atoms with Crippen molar-refractivity contribution in [3.05, 3.63) is 41.6 Å². The first-order valence-corrected chi connectivity index (χ1v) is 7.20. The minimum Gasteiger partial charge on any atom is -0.480 e. The number of nitrogens with one attached hydrogen (secondary N) is 1. The lowest BCUT2D eigenvalue weighted by molar-refractivity contribution is -0.137. The first kappa shape index (κ1) is 14.3. The number of carbonyl (C=O) groups is 2. The predicted molar refractivity (Wildman–Crippen MR) is 80.5 cm³/mol. The molecular weight excluding hydrogens is 282 g/mol. The van der Waals surface area contributed by atoms with Gasteiger partial charge in [-0.05, 0) is 25.8 Å². The Bertz CT molecular complexity index is 702. The van der Waals surface area contributed by atoms with E-state index in [0.717, 1.165) is 24.0 Å². The van der Waals surface area contributed by atoms with Crippen molar-refractivity contribution in [2.24, 2.45) is 0 Å². The third kappa shape index (κ3) is 3.00. The van der Waals surface area contributed by atoms with Crippen molar-refractivity contribution in [1.29, 1.82) is 0 Å². The summed E-state index contributed by atoms with van der Waals surface area (Å²) in [6, 6.07) is 9.55. The van der Waals surface area contributed by atoms with Crippen molar-refractivity contribution in [2.75, 3.05) is 6.54 Å². The van der Waals surface area contributed by atoms with E-state index in [4.69, 9.17) is 5.11 Å². The van der Waals surface area contributed by atoms with Crippen LogP contribution in [-0.2, 0) is 4.79 Å². The van der Waals surface area contributed by atoms with Crippen molar-refractivity contribution in [2.45, 2.75) is 25.8 Å². The van der Waals surface area contributed by atoms with Crippen molar-refractivity contribution < 1.29 is 14.7 Å². The minimum absolute atomic E-state index is 0.0368. The van der Waals surface area contributed by atoms with Gasteiger partial charge in [0.05, 0.1) is 5.69 Å². The van der Waals surface area contributed by atoms with Crippen LogP contribution in [0.25, 0.3) is 11.3 Å². The van der Waals surface area contributed by atoms with Crippen LogP contribution in [0.3, 0.4) is 0 Å². The topological polar surface area (TPSA) is 86.3 Å². The summed E-state index contributed by atoms with van der Waals surface area (Å²) in [5.74, 6) is -1.31. The zero-order valence-electron chi connectivity index (χ0n) is 12.2. The Morgan fingerprint density at radius 1 is 1.32 bits per heavy atom. The molecule has 1 fully saturated rings. The van der Waals surface area contributed by atoms with E-state index in [1.54, 1.807) is 6.07 Å². The molecule has 22 heavy (non-hydrogen) atoms. The number of hydrogen-bond acceptors (Lipinski definition) is 3. The van der Waals surface area contributed by atoms with Crippen LogP contribution >= 0.6 is 0 Å². The number of nitrogens with zero attached hydrogens (tertiary/aromatic N) is 2. The lowest BCUT2D eigenvalue weighted by Gasteiger charge is -2.18. The summed E-state index contributed by atoms with van der Waals surface area (Å²) in [6.07, 6.45) is 1.72. The van der Waals surface area contributed by atoms with Crippen molar-refractivity contribution >= 4 is 11.9 Å². The standard InChI is InChI=1S/C16H17N3O3/c1-10-2-4-11(5-3-10)13-8-14(18-17-13)16(22)19(9-15(20)21)12-6-7-12/h2-5,8,12H,6-7,9H2,1H3,(H,17,18)(H,20,21). The van der Waals surface area contributed by atoms with Gasteiger partial charge >= 0.3 is 5.97 Å². The molecule has 0 bridgehead atoms. The molecule has 0 atom stereocenters. The lowest BCUT2D eigenvalue weighted by Crippen LogP contribution is -2.37. The number of aryl methyl sites for hydroxylation is 1. The Balaban J connectivity index is 1.81. The summed E-state index contributed by atoms with van der Waals surface area (Å²) in [5, 5.41) is 15.8. The van der Waals surface area contributed by atoms with Gasteiger partial charge in [-0.2, -0.15) is 5.10 Å². The molecule has 1 saturated carbocycles. The van der Waals surface area contributed by atoms with Crippen molar-refractivity contribution in [3.63, 3.8) is 0 Å². The fourth-order valence-corrected chi connectivity index (χ4v) is 2.36. The fourth-order valence-electron chi connectivity index (χ4n) is 2.36. The average Bonchev–Trinajstić information content (AvgIpc) is 3.21. The molecule has 1 aliphatic carbocycles. The van der Waals surface area contributed by atoms with Gasteiger partial charge in [-0.15, -0.1) is 0 Å². The van der Waals surface area contributed by atoms with Gasteiger partial charge < -0.3 is 10.0 Å². The second-order valence-electron chi connectivity index (χ2n) is 5.59. The van der Waals surface area contributed by atoms with Gasteiger partial charge in [-0.25, -0.2) is 0 Å². The van der Waals surface area contributed by atoms with Crippen LogP contribution in [0.4, 0.5) is 0 Å². The number of amides is 1. The van der Waals surface area contributed by atoms with Crippen molar-refractivity contribution in [1.82, 2.24) is 15.1 Å². The van der Waals surface area contributed by atoms with Gasteiger partial charge in [-0.3, -0.25) is 14.7 Å². The third-order valence-corrected chi connectivity index (χ3v) is 3.71. The van der Waals surface area contributed by atoms with Gasteiger partial charge in [0.1, 0.15) is 12.2 Å². The lowest BCUT2D eigenvalue weighted by atomic mass is 10.1. The summed E-state index contributed by atoms with van der Waals surface area (Å²) in [7, 11) is 0. The SMILES string of the molecule is Cc1ccc(-c2cc(C(=O)N(CC(=O)O)C3CC3)[nH]n2)cc1. The van der Waals surface area contributed by atoms with Gasteiger partial charge in [-0.1, -0.05) is 29.8 Å². The number of aromatic amines is 1. The zero-order chi connectivity index (χ0) is 15.7. The molecule has 6 heteroatoms. The number of carbonyl (C=O) groups excluding carboxylic acids is 1. The summed E-state index contributed by atoms with van der Waals surface area (Å²) in [6.45, 7) is 1.73. The number of aliphatic carboxylic acids is 1. The Morgan fingerprint density at radius 2 is 2.00 bits per heavy atom. The first-order chi connectivity index (χ1) is 10.5. The summed E-state index contributed by atoms with van der Waals surface area (Å²) in [4.78, 5) is 24.8. The van der Waals surface area contributed by atoms with Gasteiger partial charge in [0.15, 0.2) is 0 Å². The molecule has 0 saturated heterocycles. The zero-order valence-corrected chi connectivity index (χ0v) is 12.2. The second-order valence-corrected chi connectivity index (χ2v) is 5.59. The van der Waals surface area contributed by atoms with E-state index in [1.165, 1.54) is 4.90 Å². The maximum Gasteiger partial charge on any atom is 0.323 e. The molecule has 1 heterocycles. The maximum atomic E-state index is 12.5. The van der Waals surface area contributed by atoms with Crippen LogP contribution < -0.4 is 0 Å². The highest BCUT2D eigenvalue weighted by Gasteiger charge is 2.35. The molecule has 1 amide bonds.